The lowest BCUT2D eigenvalue weighted by Crippen LogP contribution is -2.08. The molecule has 2 heterocycles. The molecule has 0 bridgehead atoms. The fourth-order valence-electron chi connectivity index (χ4n) is 2.18. The van der Waals surface area contributed by atoms with Crippen molar-refractivity contribution in [2.24, 2.45) is 0 Å². The maximum absolute atomic E-state index is 12.7. The molecule has 7 heteroatoms. The third-order valence-corrected chi connectivity index (χ3v) is 5.06. The summed E-state index contributed by atoms with van der Waals surface area (Å²) in [6, 6.07) is 11.0. The summed E-state index contributed by atoms with van der Waals surface area (Å²) in [7, 11) is -3.41. The molecule has 6 nitrogen and oxygen atoms in total. The lowest BCUT2D eigenvalue weighted by Gasteiger charge is -2.13. The number of furan rings is 1. The Morgan fingerprint density at radius 3 is 2.55 bits per heavy atom. The summed E-state index contributed by atoms with van der Waals surface area (Å²) < 4.78 is 28.9. The van der Waals surface area contributed by atoms with Crippen molar-refractivity contribution in [1.29, 1.82) is 0 Å². The maximum Gasteiger partial charge on any atom is 0.396 e. The summed E-state index contributed by atoms with van der Waals surface area (Å²) in [4.78, 5) is 7.61. The van der Waals surface area contributed by atoms with Gasteiger partial charge in [0.1, 0.15) is 0 Å². The number of fused-ring (bicyclic) bond motifs is 1. The second-order valence-electron chi connectivity index (χ2n) is 4.57. The number of benzene rings is 1. The van der Waals surface area contributed by atoms with Crippen molar-refractivity contribution >= 4 is 24.1 Å². The molecule has 0 radical (unpaired) electrons. The monoisotopic (exact) mass is 320 g/mol. The average Bonchev–Trinajstić information content (AvgIpc) is 3.14. The molecule has 0 aliphatic rings. The lowest BCUT2D eigenvalue weighted by molar-refractivity contribution is 0.225. The summed E-state index contributed by atoms with van der Waals surface area (Å²) in [6.45, 7) is 4.07. The van der Waals surface area contributed by atoms with Crippen molar-refractivity contribution in [2.45, 2.75) is 13.8 Å². The molecule has 0 aliphatic heterocycles. The minimum absolute atomic E-state index is 0.187. The number of imidazole rings is 1. The Morgan fingerprint density at radius 2 is 1.86 bits per heavy atom. The van der Waals surface area contributed by atoms with Gasteiger partial charge in [-0.1, -0.05) is 12.1 Å². The molecule has 0 amide bonds. The highest BCUT2D eigenvalue weighted by atomic mass is 31.2. The molecule has 0 saturated carbocycles. The molecule has 3 aromatic rings. The number of hydrogen-bond acceptors (Lipinski definition) is 5. The summed E-state index contributed by atoms with van der Waals surface area (Å²) in [6.07, 6.45) is 0. The third kappa shape index (κ3) is 2.73. The van der Waals surface area contributed by atoms with Crippen LogP contribution in [-0.4, -0.2) is 23.2 Å². The van der Waals surface area contributed by atoms with Gasteiger partial charge in [-0.2, -0.15) is 0 Å². The van der Waals surface area contributed by atoms with Crippen LogP contribution in [-0.2, 0) is 13.6 Å². The third-order valence-electron chi connectivity index (χ3n) is 3.08. The lowest BCUT2D eigenvalue weighted by atomic mass is 10.3. The first-order valence-electron chi connectivity index (χ1n) is 7.11. The van der Waals surface area contributed by atoms with Gasteiger partial charge in [0.25, 0.3) is 0 Å². The van der Waals surface area contributed by atoms with Crippen LogP contribution in [0.2, 0.25) is 0 Å². The van der Waals surface area contributed by atoms with Crippen LogP contribution in [0.4, 0.5) is 0 Å². The standard InChI is InChI=1S/C15H17N2O4P/c1-3-19-22(18,20-4-2)14-10-9-13(21-14)15-16-11-7-5-6-8-12(11)17-15/h5-10H,3-4H2,1-2H3,(H,16,17). The number of nitrogens with one attached hydrogen (secondary N) is 1. The zero-order valence-electron chi connectivity index (χ0n) is 12.4. The number of rotatable bonds is 6. The molecule has 0 fully saturated rings. The van der Waals surface area contributed by atoms with Gasteiger partial charge in [0.05, 0.1) is 24.2 Å². The zero-order chi connectivity index (χ0) is 15.6. The van der Waals surface area contributed by atoms with Gasteiger partial charge < -0.3 is 18.4 Å². The van der Waals surface area contributed by atoms with Crippen molar-refractivity contribution < 1.29 is 18.0 Å². The molecule has 2 aromatic heterocycles. The summed E-state index contributed by atoms with van der Waals surface area (Å²) >= 11 is 0. The van der Waals surface area contributed by atoms with E-state index in [-0.39, 0.29) is 18.7 Å². The summed E-state index contributed by atoms with van der Waals surface area (Å²) in [5, 5.41) is 0. The molecule has 0 spiro atoms. The number of H-pyrrole nitrogens is 1. The minimum atomic E-state index is -3.41. The van der Waals surface area contributed by atoms with E-state index in [2.05, 4.69) is 9.97 Å². The SMILES string of the molecule is CCOP(=O)(OCC)c1ccc(-c2nc3ccccc3[nH]2)o1. The van der Waals surface area contributed by atoms with E-state index in [0.717, 1.165) is 11.0 Å². The highest BCUT2D eigenvalue weighted by Gasteiger charge is 2.31. The van der Waals surface area contributed by atoms with Crippen LogP contribution in [0.3, 0.4) is 0 Å². The number of aromatic amines is 1. The van der Waals surface area contributed by atoms with E-state index >= 15 is 0 Å². The smallest absolute Gasteiger partial charge is 0.396 e. The molecule has 0 aliphatic carbocycles. The second-order valence-corrected chi connectivity index (χ2v) is 6.53. The predicted octanol–water partition coefficient (Wildman–Crippen LogP) is 3.71. The zero-order valence-corrected chi connectivity index (χ0v) is 13.3. The topological polar surface area (TPSA) is 77.4 Å². The quantitative estimate of drug-likeness (QED) is 0.701. The van der Waals surface area contributed by atoms with Gasteiger partial charge in [-0.3, -0.25) is 4.57 Å². The van der Waals surface area contributed by atoms with Crippen LogP contribution in [0.5, 0.6) is 0 Å². The number of hydrogen-bond donors (Lipinski definition) is 1. The summed E-state index contributed by atoms with van der Waals surface area (Å²) in [5.74, 6) is 1.07. The number of aromatic nitrogens is 2. The van der Waals surface area contributed by atoms with Gasteiger partial charge in [-0.05, 0) is 38.1 Å². The fourth-order valence-corrected chi connectivity index (χ4v) is 3.65. The minimum Gasteiger partial charge on any atom is -0.445 e. The number of para-hydroxylation sites is 2. The Kier molecular flexibility index (Phi) is 4.16. The molecule has 3 rings (SSSR count). The Balaban J connectivity index is 1.97. The van der Waals surface area contributed by atoms with Gasteiger partial charge >= 0.3 is 7.60 Å². The first-order chi connectivity index (χ1) is 10.7. The second kappa shape index (κ2) is 6.08. The van der Waals surface area contributed by atoms with Crippen LogP contribution in [0.1, 0.15) is 13.8 Å². The van der Waals surface area contributed by atoms with E-state index < -0.39 is 7.60 Å². The molecule has 116 valence electrons. The van der Waals surface area contributed by atoms with Crippen molar-refractivity contribution in [2.75, 3.05) is 13.2 Å². The Morgan fingerprint density at radius 1 is 1.14 bits per heavy atom. The van der Waals surface area contributed by atoms with Crippen molar-refractivity contribution in [3.8, 4) is 11.6 Å². The van der Waals surface area contributed by atoms with Gasteiger partial charge in [0, 0.05) is 0 Å². The summed E-state index contributed by atoms with van der Waals surface area (Å²) in [5.41, 5.74) is 1.94. The fraction of sp³-hybridized carbons (Fsp3) is 0.267. The van der Waals surface area contributed by atoms with Crippen LogP contribution >= 0.6 is 7.60 Å². The normalized spacial score (nSPS) is 12.1. The molecule has 1 N–H and O–H groups in total. The first kappa shape index (κ1) is 15.0. The molecule has 0 unspecified atom stereocenters. The van der Waals surface area contributed by atoms with E-state index in [0.29, 0.717) is 11.6 Å². The van der Waals surface area contributed by atoms with Gasteiger partial charge in [-0.15, -0.1) is 0 Å². The van der Waals surface area contributed by atoms with Gasteiger partial charge in [-0.25, -0.2) is 4.98 Å². The molecular formula is C15H17N2O4P. The van der Waals surface area contributed by atoms with E-state index in [1.54, 1.807) is 26.0 Å². The molecule has 1 aromatic carbocycles. The highest BCUT2D eigenvalue weighted by molar-refractivity contribution is 7.61. The van der Waals surface area contributed by atoms with Crippen LogP contribution in [0, 0.1) is 0 Å². The molecule has 22 heavy (non-hydrogen) atoms. The molecule has 0 saturated heterocycles. The van der Waals surface area contributed by atoms with Gasteiger partial charge in [0.2, 0.25) is 5.50 Å². The van der Waals surface area contributed by atoms with Crippen molar-refractivity contribution in [3.05, 3.63) is 36.4 Å². The highest BCUT2D eigenvalue weighted by Crippen LogP contribution is 2.47. The van der Waals surface area contributed by atoms with E-state index in [4.69, 9.17) is 13.5 Å². The Bertz CT molecular complexity index is 781. The first-order valence-corrected chi connectivity index (χ1v) is 8.65. The van der Waals surface area contributed by atoms with Crippen molar-refractivity contribution in [1.82, 2.24) is 9.97 Å². The van der Waals surface area contributed by atoms with E-state index in [1.807, 2.05) is 24.3 Å². The van der Waals surface area contributed by atoms with E-state index in [9.17, 15) is 4.57 Å². The largest absolute Gasteiger partial charge is 0.445 e. The van der Waals surface area contributed by atoms with Gasteiger partial charge in [0.15, 0.2) is 11.6 Å². The predicted molar refractivity (Wildman–Crippen MR) is 84.3 cm³/mol. The van der Waals surface area contributed by atoms with Crippen LogP contribution < -0.4 is 5.50 Å². The Hall–Kier alpha value is -1.88. The van der Waals surface area contributed by atoms with Crippen LogP contribution in [0.25, 0.3) is 22.6 Å². The van der Waals surface area contributed by atoms with Crippen LogP contribution in [0.15, 0.2) is 40.8 Å². The molecule has 0 atom stereocenters. The van der Waals surface area contributed by atoms with Crippen molar-refractivity contribution in [3.63, 3.8) is 0 Å². The Labute approximate surface area is 128 Å². The van der Waals surface area contributed by atoms with E-state index in [1.165, 1.54) is 0 Å². The molecular weight excluding hydrogens is 303 g/mol. The maximum atomic E-state index is 12.7. The average molecular weight is 320 g/mol. The number of nitrogens with zero attached hydrogens (tertiary/aromatic N) is 1.